The summed E-state index contributed by atoms with van der Waals surface area (Å²) in [5, 5.41) is 0. The Labute approximate surface area is 175 Å². The van der Waals surface area contributed by atoms with Gasteiger partial charge in [0.2, 0.25) is 0 Å². The Balaban J connectivity index is 4.88. The molecule has 0 radical (unpaired) electrons. The van der Waals surface area contributed by atoms with E-state index in [1.54, 1.807) is 0 Å². The van der Waals surface area contributed by atoms with Gasteiger partial charge in [0.05, 0.1) is 19.8 Å². The highest BCUT2D eigenvalue weighted by atomic mass is 16.7. The van der Waals surface area contributed by atoms with Gasteiger partial charge in [0.25, 0.3) is 0 Å². The number of unbranched alkanes of at least 4 members (excludes halogenated alkanes) is 3. The largest absolute Gasteiger partial charge is 0.640 e. The van der Waals surface area contributed by atoms with E-state index >= 15 is 0 Å². The Hall–Kier alpha value is -0.835. The average Bonchev–Trinajstić information content (AvgIpc) is 2.73. The quantitative estimate of drug-likeness (QED) is 0.179. The van der Waals surface area contributed by atoms with Crippen molar-refractivity contribution in [3.8, 4) is 0 Å². The van der Waals surface area contributed by atoms with Crippen LogP contribution in [-0.4, -0.2) is 27.1 Å². The van der Waals surface area contributed by atoms with E-state index in [0.29, 0.717) is 19.8 Å². The topological polar surface area (TPSA) is 27.7 Å². The highest BCUT2D eigenvalue weighted by Gasteiger charge is 2.22. The molecule has 28 heavy (non-hydrogen) atoms. The predicted molar refractivity (Wildman–Crippen MR) is 123 cm³/mol. The molecule has 4 heteroatoms. The molecule has 0 saturated heterocycles. The van der Waals surface area contributed by atoms with Gasteiger partial charge < -0.3 is 14.0 Å². The zero-order chi connectivity index (χ0) is 21.0. The zero-order valence-electron chi connectivity index (χ0n) is 19.5. The highest BCUT2D eigenvalue weighted by Crippen LogP contribution is 2.11. The van der Waals surface area contributed by atoms with Crippen molar-refractivity contribution in [3.05, 3.63) is 34.9 Å². The van der Waals surface area contributed by atoms with Crippen molar-refractivity contribution in [3.63, 3.8) is 0 Å². The normalized spacial score (nSPS) is 13.3. The lowest BCUT2D eigenvalue weighted by Gasteiger charge is -2.17. The highest BCUT2D eigenvalue weighted by molar-refractivity contribution is 6.36. The minimum absolute atomic E-state index is 0.571. The summed E-state index contributed by atoms with van der Waals surface area (Å²) in [6, 6.07) is 0. The molecule has 0 unspecified atom stereocenters. The summed E-state index contributed by atoms with van der Waals surface area (Å²) in [5.41, 5.74) is 3.94. The second-order valence-corrected chi connectivity index (χ2v) is 7.24. The molecule has 0 aliphatic rings. The second-order valence-electron chi connectivity index (χ2n) is 7.24. The lowest BCUT2D eigenvalue weighted by Crippen LogP contribution is -2.30. The lowest BCUT2D eigenvalue weighted by atomic mass is 10.1. The van der Waals surface area contributed by atoms with E-state index < -0.39 is 7.32 Å². The van der Waals surface area contributed by atoms with Crippen LogP contribution in [0.2, 0.25) is 0 Å². The summed E-state index contributed by atoms with van der Waals surface area (Å²) >= 11 is 0. The minimum atomic E-state index is -0.621. The second kappa shape index (κ2) is 19.5. The van der Waals surface area contributed by atoms with Gasteiger partial charge in [-0.2, -0.15) is 0 Å². The first-order chi connectivity index (χ1) is 13.6. The SMILES string of the molecule is CCCC=C(CC)COB(OCC(=CCCC)CC)OCC(=CCCC)CC. The average molecular weight is 392 g/mol. The number of allylic oxidation sites excluding steroid dienone is 3. The summed E-state index contributed by atoms with van der Waals surface area (Å²) < 4.78 is 18.1. The van der Waals surface area contributed by atoms with E-state index in [4.69, 9.17) is 14.0 Å². The first-order valence-electron chi connectivity index (χ1n) is 11.5. The van der Waals surface area contributed by atoms with Crippen molar-refractivity contribution in [1.82, 2.24) is 0 Å². The molecule has 0 spiro atoms. The lowest BCUT2D eigenvalue weighted by molar-refractivity contribution is 0.114. The van der Waals surface area contributed by atoms with Gasteiger partial charge in [0.1, 0.15) is 0 Å². The van der Waals surface area contributed by atoms with Gasteiger partial charge in [-0.25, -0.2) is 0 Å². The van der Waals surface area contributed by atoms with Crippen molar-refractivity contribution in [1.29, 1.82) is 0 Å². The van der Waals surface area contributed by atoms with Gasteiger partial charge in [-0.15, -0.1) is 0 Å². The summed E-state index contributed by atoms with van der Waals surface area (Å²) in [5.74, 6) is 0. The Morgan fingerprint density at radius 1 is 0.536 bits per heavy atom. The molecule has 0 bridgehead atoms. The maximum absolute atomic E-state index is 6.02. The van der Waals surface area contributed by atoms with Crippen molar-refractivity contribution in [2.75, 3.05) is 19.8 Å². The fraction of sp³-hybridized carbons (Fsp3) is 0.750. The first kappa shape index (κ1) is 27.2. The molecule has 0 rings (SSSR count). The molecule has 0 aromatic carbocycles. The summed E-state index contributed by atoms with van der Waals surface area (Å²) in [6.07, 6.45) is 16.6. The van der Waals surface area contributed by atoms with Gasteiger partial charge in [-0.1, -0.05) is 95.8 Å². The third-order valence-corrected chi connectivity index (χ3v) is 4.74. The molecule has 0 atom stereocenters. The summed E-state index contributed by atoms with van der Waals surface area (Å²) in [6.45, 7) is 14.8. The molecule has 0 aliphatic carbocycles. The van der Waals surface area contributed by atoms with Crippen molar-refractivity contribution >= 4 is 7.32 Å². The van der Waals surface area contributed by atoms with Crippen molar-refractivity contribution in [2.45, 2.75) is 99.3 Å². The van der Waals surface area contributed by atoms with E-state index in [1.807, 2.05) is 0 Å². The van der Waals surface area contributed by atoms with E-state index in [0.717, 1.165) is 57.8 Å². The Morgan fingerprint density at radius 3 is 1.04 bits per heavy atom. The van der Waals surface area contributed by atoms with Gasteiger partial charge in [0, 0.05) is 0 Å². The third kappa shape index (κ3) is 14.2. The summed E-state index contributed by atoms with van der Waals surface area (Å²) in [7, 11) is -0.621. The zero-order valence-corrected chi connectivity index (χ0v) is 19.5. The van der Waals surface area contributed by atoms with Crippen molar-refractivity contribution in [2.24, 2.45) is 0 Å². The molecule has 3 nitrogen and oxygen atoms in total. The van der Waals surface area contributed by atoms with Crippen LogP contribution in [0.15, 0.2) is 34.9 Å². The van der Waals surface area contributed by atoms with Gasteiger partial charge >= 0.3 is 7.32 Å². The predicted octanol–water partition coefficient (Wildman–Crippen LogP) is 7.43. The number of hydrogen-bond donors (Lipinski definition) is 0. The molecular formula is C24H45BO3. The van der Waals surface area contributed by atoms with Gasteiger partial charge in [-0.3, -0.25) is 0 Å². The summed E-state index contributed by atoms with van der Waals surface area (Å²) in [4.78, 5) is 0. The molecule has 0 aliphatic heterocycles. The smallest absolute Gasteiger partial charge is 0.382 e. The Kier molecular flexibility index (Phi) is 18.9. The first-order valence-corrected chi connectivity index (χ1v) is 11.5. The van der Waals surface area contributed by atoms with Crippen LogP contribution in [0, 0.1) is 0 Å². The van der Waals surface area contributed by atoms with Crippen LogP contribution >= 0.6 is 0 Å². The Bertz CT molecular complexity index is 388. The van der Waals surface area contributed by atoms with E-state index in [1.165, 1.54) is 16.7 Å². The van der Waals surface area contributed by atoms with Crippen LogP contribution < -0.4 is 0 Å². The number of hydrogen-bond acceptors (Lipinski definition) is 3. The molecular weight excluding hydrogens is 347 g/mol. The van der Waals surface area contributed by atoms with Crippen LogP contribution in [0.4, 0.5) is 0 Å². The maximum atomic E-state index is 6.02. The minimum Gasteiger partial charge on any atom is -0.382 e. The molecule has 0 saturated carbocycles. The maximum Gasteiger partial charge on any atom is 0.640 e. The van der Waals surface area contributed by atoms with E-state index in [-0.39, 0.29) is 0 Å². The molecule has 0 heterocycles. The Morgan fingerprint density at radius 2 is 0.821 bits per heavy atom. The van der Waals surface area contributed by atoms with Crippen LogP contribution in [0.5, 0.6) is 0 Å². The van der Waals surface area contributed by atoms with Gasteiger partial charge in [-0.05, 0) is 38.5 Å². The van der Waals surface area contributed by atoms with Gasteiger partial charge in [0.15, 0.2) is 0 Å². The molecule has 0 aromatic rings. The number of rotatable bonds is 18. The fourth-order valence-electron chi connectivity index (χ4n) is 2.63. The third-order valence-electron chi connectivity index (χ3n) is 4.74. The fourth-order valence-corrected chi connectivity index (χ4v) is 2.63. The standard InChI is InChI=1S/C24H45BO3/c1-7-13-16-22(10-4)19-26-25(27-20-23(11-5)17-14-8-2)28-21-24(12-6)18-15-9-3/h16-18H,7-15,19-21H2,1-6H3. The molecule has 0 amide bonds. The molecule has 0 fully saturated rings. The molecule has 0 N–H and O–H groups in total. The van der Waals surface area contributed by atoms with Crippen LogP contribution in [0.25, 0.3) is 0 Å². The van der Waals surface area contributed by atoms with Crippen LogP contribution in [0.1, 0.15) is 99.3 Å². The van der Waals surface area contributed by atoms with Crippen LogP contribution in [0.3, 0.4) is 0 Å². The van der Waals surface area contributed by atoms with E-state index in [2.05, 4.69) is 59.8 Å². The molecule has 162 valence electrons. The molecule has 0 aromatic heterocycles. The van der Waals surface area contributed by atoms with Crippen LogP contribution in [-0.2, 0) is 14.0 Å². The van der Waals surface area contributed by atoms with E-state index in [9.17, 15) is 0 Å². The monoisotopic (exact) mass is 392 g/mol. The van der Waals surface area contributed by atoms with Crippen molar-refractivity contribution < 1.29 is 14.0 Å².